The van der Waals surface area contributed by atoms with E-state index in [1.807, 2.05) is 6.92 Å². The fourth-order valence-corrected chi connectivity index (χ4v) is 4.41. The predicted molar refractivity (Wildman–Crippen MR) is 117 cm³/mol. The van der Waals surface area contributed by atoms with Crippen molar-refractivity contribution in [2.24, 2.45) is 5.41 Å². The van der Waals surface area contributed by atoms with Gasteiger partial charge in [-0.15, -0.1) is 0 Å². The molecular weight excluding hydrogens is 489 g/mol. The lowest BCUT2D eigenvalue weighted by Crippen LogP contribution is -2.66. The third-order valence-corrected chi connectivity index (χ3v) is 5.94. The summed E-state index contributed by atoms with van der Waals surface area (Å²) >= 11 is 3.36. The molecule has 2 heterocycles. The van der Waals surface area contributed by atoms with Crippen LogP contribution in [0.4, 0.5) is 18.0 Å². The van der Waals surface area contributed by atoms with Crippen LogP contribution in [0.1, 0.15) is 44.4 Å². The van der Waals surface area contributed by atoms with Crippen LogP contribution < -0.4 is 0 Å². The minimum atomic E-state index is -4.32. The van der Waals surface area contributed by atoms with E-state index >= 15 is 0 Å². The summed E-state index contributed by atoms with van der Waals surface area (Å²) in [5.74, 6) is 0. The molecule has 174 valence electrons. The lowest BCUT2D eigenvalue weighted by molar-refractivity contribution is -0.131. The summed E-state index contributed by atoms with van der Waals surface area (Å²) in [7, 11) is 0. The highest BCUT2D eigenvalue weighted by molar-refractivity contribution is 9.10. The number of pyridine rings is 1. The predicted octanol–water partition coefficient (Wildman–Crippen LogP) is 5.44. The smallest absolute Gasteiger partial charge is 0.410 e. The molecule has 1 aromatic carbocycles. The van der Waals surface area contributed by atoms with Crippen molar-refractivity contribution in [2.75, 3.05) is 13.1 Å². The van der Waals surface area contributed by atoms with Gasteiger partial charge < -0.3 is 14.7 Å². The van der Waals surface area contributed by atoms with E-state index in [4.69, 9.17) is 4.74 Å². The molecule has 1 aliphatic heterocycles. The summed E-state index contributed by atoms with van der Waals surface area (Å²) in [6.45, 7) is 7.56. The van der Waals surface area contributed by atoms with E-state index in [9.17, 15) is 23.1 Å². The minimum absolute atomic E-state index is 0.102. The number of rotatable bonds is 4. The van der Waals surface area contributed by atoms with Gasteiger partial charge in [0, 0.05) is 40.9 Å². The Labute approximate surface area is 193 Å². The number of hydrogen-bond acceptors (Lipinski definition) is 4. The Hall–Kier alpha value is -2.13. The van der Waals surface area contributed by atoms with Crippen LogP contribution in [0.3, 0.4) is 0 Å². The Balaban J connectivity index is 1.96. The van der Waals surface area contributed by atoms with Gasteiger partial charge in [0.05, 0.1) is 6.42 Å². The molecule has 1 aromatic heterocycles. The zero-order valence-electron chi connectivity index (χ0n) is 18.3. The molecule has 2 aromatic rings. The van der Waals surface area contributed by atoms with Crippen LogP contribution in [0, 0.1) is 5.41 Å². The first-order chi connectivity index (χ1) is 14.6. The maximum absolute atomic E-state index is 12.8. The van der Waals surface area contributed by atoms with E-state index in [2.05, 4.69) is 20.9 Å². The van der Waals surface area contributed by atoms with Gasteiger partial charge >= 0.3 is 12.3 Å². The van der Waals surface area contributed by atoms with Crippen LogP contribution in [0.15, 0.2) is 47.2 Å². The molecule has 0 spiro atoms. The van der Waals surface area contributed by atoms with Crippen LogP contribution in [0.5, 0.6) is 0 Å². The molecule has 1 fully saturated rings. The maximum Gasteiger partial charge on any atom is 0.410 e. The standard InChI is InChI=1S/C23H26BrF3N2O3/c1-20(2,3)32-19(30)29-13-21(4,14-29)23(31,17-9-18(24)12-28-11-17)16-7-5-15(6-8-16)10-22(25,26)27/h5-9,11-12,31H,10,13-14H2,1-4H3/t23-/m0/s1. The summed E-state index contributed by atoms with van der Waals surface area (Å²) in [4.78, 5) is 18.1. The lowest BCUT2D eigenvalue weighted by atomic mass is 9.62. The Bertz CT molecular complexity index is 983. The number of hydrogen-bond donors (Lipinski definition) is 1. The molecule has 1 atom stereocenters. The van der Waals surface area contributed by atoms with E-state index in [0.29, 0.717) is 15.6 Å². The number of carbonyl (C=O) groups excluding carboxylic acids is 1. The normalized spacial score (nSPS) is 18.0. The third kappa shape index (κ3) is 5.09. The Morgan fingerprint density at radius 1 is 1.16 bits per heavy atom. The van der Waals surface area contributed by atoms with Crippen molar-refractivity contribution in [3.8, 4) is 0 Å². The van der Waals surface area contributed by atoms with Gasteiger partial charge in [-0.25, -0.2) is 4.79 Å². The number of aliphatic hydroxyl groups is 1. The molecule has 1 saturated heterocycles. The number of nitrogens with zero attached hydrogens (tertiary/aromatic N) is 2. The number of ether oxygens (including phenoxy) is 1. The van der Waals surface area contributed by atoms with E-state index in [1.54, 1.807) is 33.0 Å². The SMILES string of the molecule is CC(C)(C)OC(=O)N1CC(C)([C@](O)(c2ccc(CC(F)(F)F)cc2)c2cncc(Br)c2)C1. The average molecular weight is 515 g/mol. The number of amides is 1. The Morgan fingerprint density at radius 3 is 2.25 bits per heavy atom. The van der Waals surface area contributed by atoms with Gasteiger partial charge in [0.2, 0.25) is 0 Å². The number of alkyl halides is 3. The zero-order valence-corrected chi connectivity index (χ0v) is 19.9. The molecule has 3 rings (SSSR count). The quantitative estimate of drug-likeness (QED) is 0.589. The molecule has 1 N–H and O–H groups in total. The van der Waals surface area contributed by atoms with Crippen molar-refractivity contribution in [1.82, 2.24) is 9.88 Å². The molecule has 0 aliphatic carbocycles. The molecule has 1 aliphatic rings. The van der Waals surface area contributed by atoms with Crippen molar-refractivity contribution in [1.29, 1.82) is 0 Å². The van der Waals surface area contributed by atoms with E-state index in [0.717, 1.165) is 0 Å². The van der Waals surface area contributed by atoms with Gasteiger partial charge in [0.1, 0.15) is 11.2 Å². The van der Waals surface area contributed by atoms with Crippen molar-refractivity contribution in [3.63, 3.8) is 0 Å². The molecule has 0 unspecified atom stereocenters. The number of likely N-dealkylation sites (tertiary alicyclic amines) is 1. The summed E-state index contributed by atoms with van der Waals surface area (Å²) < 4.78 is 44.4. The number of benzene rings is 1. The molecule has 0 bridgehead atoms. The van der Waals surface area contributed by atoms with Crippen LogP contribution >= 0.6 is 15.9 Å². The fraction of sp³-hybridized carbons (Fsp3) is 0.478. The second kappa shape index (κ2) is 8.33. The van der Waals surface area contributed by atoms with Gasteiger partial charge in [0.15, 0.2) is 0 Å². The van der Waals surface area contributed by atoms with Gasteiger partial charge in [-0.2, -0.15) is 13.2 Å². The summed E-state index contributed by atoms with van der Waals surface area (Å²) in [6, 6.07) is 7.46. The highest BCUT2D eigenvalue weighted by Crippen LogP contribution is 2.51. The maximum atomic E-state index is 12.8. The number of carbonyl (C=O) groups is 1. The Morgan fingerprint density at radius 2 is 1.75 bits per heavy atom. The summed E-state index contributed by atoms with van der Waals surface area (Å²) in [5.41, 5.74) is -2.07. The van der Waals surface area contributed by atoms with Crippen LogP contribution in [-0.4, -0.2) is 46.0 Å². The van der Waals surface area contributed by atoms with Crippen LogP contribution in [-0.2, 0) is 16.8 Å². The highest BCUT2D eigenvalue weighted by atomic mass is 79.9. The summed E-state index contributed by atoms with van der Waals surface area (Å²) in [6.07, 6.45) is -2.75. The van der Waals surface area contributed by atoms with Crippen molar-refractivity contribution in [2.45, 2.75) is 51.5 Å². The second-order valence-corrected chi connectivity index (χ2v) is 10.4. The monoisotopic (exact) mass is 514 g/mol. The molecule has 5 nitrogen and oxygen atoms in total. The first kappa shape index (κ1) is 24.5. The van der Waals surface area contributed by atoms with Crippen molar-refractivity contribution < 1.29 is 27.8 Å². The van der Waals surface area contributed by atoms with E-state index in [-0.39, 0.29) is 18.7 Å². The fourth-order valence-electron chi connectivity index (χ4n) is 4.05. The number of halogens is 4. The van der Waals surface area contributed by atoms with Crippen LogP contribution in [0.2, 0.25) is 0 Å². The van der Waals surface area contributed by atoms with Crippen molar-refractivity contribution in [3.05, 3.63) is 63.9 Å². The summed E-state index contributed by atoms with van der Waals surface area (Å²) in [5, 5.41) is 12.1. The van der Waals surface area contributed by atoms with Gasteiger partial charge in [-0.05, 0) is 53.9 Å². The lowest BCUT2D eigenvalue weighted by Gasteiger charge is -2.56. The van der Waals surface area contributed by atoms with E-state index in [1.165, 1.54) is 35.4 Å². The molecule has 32 heavy (non-hydrogen) atoms. The average Bonchev–Trinajstić information content (AvgIpc) is 2.62. The first-order valence-corrected chi connectivity index (χ1v) is 10.9. The van der Waals surface area contributed by atoms with Gasteiger partial charge in [-0.3, -0.25) is 4.98 Å². The molecular formula is C23H26BrF3N2O3. The largest absolute Gasteiger partial charge is 0.444 e. The van der Waals surface area contributed by atoms with Crippen LogP contribution in [0.25, 0.3) is 0 Å². The zero-order chi connectivity index (χ0) is 23.9. The molecule has 0 saturated carbocycles. The topological polar surface area (TPSA) is 62.7 Å². The second-order valence-electron chi connectivity index (χ2n) is 9.49. The molecule has 9 heteroatoms. The molecule has 0 radical (unpaired) electrons. The molecule has 1 amide bonds. The first-order valence-electron chi connectivity index (χ1n) is 10.1. The van der Waals surface area contributed by atoms with Gasteiger partial charge in [-0.1, -0.05) is 31.2 Å². The minimum Gasteiger partial charge on any atom is -0.444 e. The number of aromatic nitrogens is 1. The third-order valence-electron chi connectivity index (χ3n) is 5.50. The Kier molecular flexibility index (Phi) is 6.38. The van der Waals surface area contributed by atoms with Crippen molar-refractivity contribution >= 4 is 22.0 Å². The highest BCUT2D eigenvalue weighted by Gasteiger charge is 2.58. The van der Waals surface area contributed by atoms with E-state index < -0.39 is 35.3 Å². The van der Waals surface area contributed by atoms with Gasteiger partial charge in [0.25, 0.3) is 0 Å².